The van der Waals surface area contributed by atoms with Gasteiger partial charge >= 0.3 is 0 Å². The Bertz CT molecular complexity index is 996. The van der Waals surface area contributed by atoms with Crippen LogP contribution in [0, 0.1) is 0 Å². The number of hydrogen-bond acceptors (Lipinski definition) is 6. The molecule has 4 heterocycles. The summed E-state index contributed by atoms with van der Waals surface area (Å²) in [5.41, 5.74) is 5.64. The third kappa shape index (κ3) is 2.85. The van der Waals surface area contributed by atoms with Crippen LogP contribution in [0.2, 0.25) is 0 Å². The van der Waals surface area contributed by atoms with E-state index in [-0.39, 0.29) is 5.91 Å². The molecule has 0 saturated heterocycles. The van der Waals surface area contributed by atoms with E-state index in [2.05, 4.69) is 49.3 Å². The molecule has 0 spiro atoms. The fourth-order valence-electron chi connectivity index (χ4n) is 4.09. The van der Waals surface area contributed by atoms with E-state index in [1.807, 2.05) is 11.1 Å². The number of carbonyl (C=O) groups excluding carboxylic acids is 1. The number of aromatic nitrogens is 4. The van der Waals surface area contributed by atoms with Gasteiger partial charge < -0.3 is 9.47 Å². The van der Waals surface area contributed by atoms with Crippen molar-refractivity contribution in [1.29, 1.82) is 0 Å². The topological polar surface area (TPSA) is 67.2 Å². The lowest BCUT2D eigenvalue weighted by Gasteiger charge is -2.19. The molecule has 7 nitrogen and oxygen atoms in total. The highest BCUT2D eigenvalue weighted by atomic mass is 32.1. The quantitative estimate of drug-likeness (QED) is 0.681. The van der Waals surface area contributed by atoms with Gasteiger partial charge in [-0.1, -0.05) is 22.7 Å². The van der Waals surface area contributed by atoms with Crippen LogP contribution in [0.4, 0.5) is 0 Å². The standard InChI is InChI=1S/C19H20N6OS/c1-23-10-13-3-2-4-14(15(13)11-23)17-9-20-18-5-6-24(7-8-25(17)18)19(26)16-12-27-22-21-16/h2-4,9,12H,5-8,10-11H2,1H3. The Morgan fingerprint density at radius 1 is 1.19 bits per heavy atom. The molecule has 2 aliphatic rings. The number of nitrogens with zero attached hydrogens (tertiary/aromatic N) is 6. The fraction of sp³-hybridized carbons (Fsp3) is 0.368. The number of hydrogen-bond donors (Lipinski definition) is 0. The molecule has 0 N–H and O–H groups in total. The zero-order valence-electron chi connectivity index (χ0n) is 15.1. The third-order valence-corrected chi connectivity index (χ3v) is 5.93. The van der Waals surface area contributed by atoms with Gasteiger partial charge in [-0.05, 0) is 29.7 Å². The Labute approximate surface area is 161 Å². The number of rotatable bonds is 2. The van der Waals surface area contributed by atoms with Gasteiger partial charge in [-0.15, -0.1) is 5.10 Å². The van der Waals surface area contributed by atoms with Gasteiger partial charge in [0.15, 0.2) is 5.69 Å². The second kappa shape index (κ2) is 6.54. The number of carbonyl (C=O) groups is 1. The van der Waals surface area contributed by atoms with Gasteiger partial charge in [0.2, 0.25) is 0 Å². The smallest absolute Gasteiger partial charge is 0.275 e. The van der Waals surface area contributed by atoms with Crippen molar-refractivity contribution in [1.82, 2.24) is 28.9 Å². The minimum atomic E-state index is -0.0433. The Morgan fingerprint density at radius 3 is 2.96 bits per heavy atom. The van der Waals surface area contributed by atoms with Crippen molar-refractivity contribution in [3.05, 3.63) is 52.4 Å². The van der Waals surface area contributed by atoms with Crippen LogP contribution in [0.15, 0.2) is 29.8 Å². The summed E-state index contributed by atoms with van der Waals surface area (Å²) in [6.07, 6.45) is 2.74. The van der Waals surface area contributed by atoms with Crippen molar-refractivity contribution in [2.45, 2.75) is 26.1 Å². The van der Waals surface area contributed by atoms with Crippen LogP contribution in [0.5, 0.6) is 0 Å². The molecule has 0 radical (unpaired) electrons. The maximum atomic E-state index is 12.6. The normalized spacial score (nSPS) is 16.9. The molecule has 2 aromatic heterocycles. The van der Waals surface area contributed by atoms with E-state index in [0.29, 0.717) is 18.8 Å². The number of benzene rings is 1. The van der Waals surface area contributed by atoms with Crippen LogP contribution >= 0.6 is 11.5 Å². The zero-order chi connectivity index (χ0) is 18.4. The minimum Gasteiger partial charge on any atom is -0.335 e. The summed E-state index contributed by atoms with van der Waals surface area (Å²) in [7, 11) is 2.15. The van der Waals surface area contributed by atoms with Gasteiger partial charge in [0.05, 0.1) is 11.9 Å². The maximum Gasteiger partial charge on any atom is 0.275 e. The molecule has 0 bridgehead atoms. The van der Waals surface area contributed by atoms with Crippen molar-refractivity contribution >= 4 is 17.4 Å². The zero-order valence-corrected chi connectivity index (χ0v) is 15.9. The Morgan fingerprint density at radius 2 is 2.11 bits per heavy atom. The van der Waals surface area contributed by atoms with E-state index in [4.69, 9.17) is 0 Å². The lowest BCUT2D eigenvalue weighted by atomic mass is 10.0. The highest BCUT2D eigenvalue weighted by Crippen LogP contribution is 2.33. The van der Waals surface area contributed by atoms with E-state index in [1.54, 1.807) is 5.38 Å². The lowest BCUT2D eigenvalue weighted by molar-refractivity contribution is 0.0753. The summed E-state index contributed by atoms with van der Waals surface area (Å²) >= 11 is 1.21. The van der Waals surface area contributed by atoms with Crippen molar-refractivity contribution in [2.75, 3.05) is 20.1 Å². The Kier molecular flexibility index (Phi) is 4.02. The molecule has 0 fully saturated rings. The molecule has 0 saturated carbocycles. The molecule has 0 atom stereocenters. The van der Waals surface area contributed by atoms with Gasteiger partial charge in [0.1, 0.15) is 5.82 Å². The summed E-state index contributed by atoms with van der Waals surface area (Å²) in [6.45, 7) is 4.01. The van der Waals surface area contributed by atoms with Crippen molar-refractivity contribution in [3.8, 4) is 11.3 Å². The summed E-state index contributed by atoms with van der Waals surface area (Å²) in [5.74, 6) is 0.999. The number of fused-ring (bicyclic) bond motifs is 2. The molecule has 5 rings (SSSR count). The van der Waals surface area contributed by atoms with Gasteiger partial charge in [-0.2, -0.15) is 0 Å². The van der Waals surface area contributed by atoms with E-state index >= 15 is 0 Å². The second-order valence-electron chi connectivity index (χ2n) is 7.16. The minimum absolute atomic E-state index is 0.0433. The first-order valence-corrected chi connectivity index (χ1v) is 9.95. The van der Waals surface area contributed by atoms with Gasteiger partial charge in [-0.25, -0.2) is 4.98 Å². The second-order valence-corrected chi connectivity index (χ2v) is 7.77. The van der Waals surface area contributed by atoms with E-state index in [9.17, 15) is 4.79 Å². The van der Waals surface area contributed by atoms with Gasteiger partial charge in [0.25, 0.3) is 5.91 Å². The molecule has 8 heteroatoms. The lowest BCUT2D eigenvalue weighted by Crippen LogP contribution is -2.33. The maximum absolute atomic E-state index is 12.6. The largest absolute Gasteiger partial charge is 0.335 e. The predicted octanol–water partition coefficient (Wildman–Crippen LogP) is 2.05. The van der Waals surface area contributed by atoms with Crippen molar-refractivity contribution < 1.29 is 4.79 Å². The molecule has 1 aromatic carbocycles. The first kappa shape index (κ1) is 16.6. The van der Waals surface area contributed by atoms with E-state index in [1.165, 1.54) is 28.2 Å². The van der Waals surface area contributed by atoms with Crippen LogP contribution < -0.4 is 0 Å². The molecule has 138 valence electrons. The Hall–Kier alpha value is -2.58. The van der Waals surface area contributed by atoms with E-state index < -0.39 is 0 Å². The number of imidazole rings is 1. The average Bonchev–Trinajstić information content (AvgIpc) is 3.38. The third-order valence-electron chi connectivity index (χ3n) is 5.42. The van der Waals surface area contributed by atoms with Crippen LogP contribution in [0.1, 0.15) is 27.4 Å². The molecule has 0 unspecified atom stereocenters. The molecule has 2 aliphatic heterocycles. The summed E-state index contributed by atoms with van der Waals surface area (Å²) < 4.78 is 6.09. The summed E-state index contributed by atoms with van der Waals surface area (Å²) in [4.78, 5) is 21.5. The molecular formula is C19H20N6OS. The first-order valence-electron chi connectivity index (χ1n) is 9.11. The van der Waals surface area contributed by atoms with Gasteiger partial charge in [-0.3, -0.25) is 9.69 Å². The van der Waals surface area contributed by atoms with Crippen molar-refractivity contribution in [3.63, 3.8) is 0 Å². The molecule has 3 aromatic rings. The van der Waals surface area contributed by atoms with Crippen LogP contribution in [0.3, 0.4) is 0 Å². The molecule has 0 aliphatic carbocycles. The fourth-order valence-corrected chi connectivity index (χ4v) is 4.52. The van der Waals surface area contributed by atoms with Gasteiger partial charge in [0, 0.05) is 50.1 Å². The highest BCUT2D eigenvalue weighted by Gasteiger charge is 2.26. The molecule has 1 amide bonds. The monoisotopic (exact) mass is 380 g/mol. The molecular weight excluding hydrogens is 360 g/mol. The van der Waals surface area contributed by atoms with E-state index in [0.717, 1.165) is 37.6 Å². The summed E-state index contributed by atoms with van der Waals surface area (Å²) in [5, 5.41) is 5.63. The van der Waals surface area contributed by atoms with Crippen LogP contribution in [-0.2, 0) is 26.1 Å². The first-order chi connectivity index (χ1) is 13.2. The molecule has 27 heavy (non-hydrogen) atoms. The van der Waals surface area contributed by atoms with Crippen molar-refractivity contribution in [2.24, 2.45) is 0 Å². The summed E-state index contributed by atoms with van der Waals surface area (Å²) in [6, 6.07) is 6.54. The van der Waals surface area contributed by atoms with Crippen LogP contribution in [-0.4, -0.2) is 55.0 Å². The Balaban J connectivity index is 1.45. The predicted molar refractivity (Wildman–Crippen MR) is 102 cm³/mol. The van der Waals surface area contributed by atoms with Crippen LogP contribution in [0.25, 0.3) is 11.3 Å². The average molecular weight is 380 g/mol. The highest BCUT2D eigenvalue weighted by molar-refractivity contribution is 7.03. The number of amides is 1. The SMILES string of the molecule is CN1Cc2cccc(-c3cnc4n3CCN(C(=O)c3csnn3)CC4)c2C1.